The molecule has 0 saturated carbocycles. The molecule has 0 amide bonds. The van der Waals surface area contributed by atoms with Crippen molar-refractivity contribution in [3.8, 4) is 0 Å². The molecule has 1 saturated heterocycles. The van der Waals surface area contributed by atoms with Crippen LogP contribution in [0.2, 0.25) is 78.6 Å². The van der Waals surface area contributed by atoms with E-state index >= 15 is 0 Å². The fourth-order valence-corrected chi connectivity index (χ4v) is 50.8. The highest BCUT2D eigenvalue weighted by molar-refractivity contribution is 7.19. The second kappa shape index (κ2) is 4.98. The van der Waals surface area contributed by atoms with Crippen molar-refractivity contribution in [1.82, 2.24) is 7.79 Å². The topological polar surface area (TPSA) is 15.7 Å². The fourth-order valence-electron chi connectivity index (χ4n) is 5.25. The van der Waals surface area contributed by atoms with Gasteiger partial charge in [-0.2, -0.15) is 0 Å². The summed E-state index contributed by atoms with van der Waals surface area (Å²) in [5.41, 5.74) is 0. The van der Waals surface area contributed by atoms with Crippen LogP contribution in [0.5, 0.6) is 0 Å². The third-order valence-corrected chi connectivity index (χ3v) is 35.6. The monoisotopic (exact) mass is 364 g/mol. The molecule has 0 aromatic heterocycles. The van der Waals surface area contributed by atoms with Gasteiger partial charge < -0.3 is 11.9 Å². The molecule has 0 radical (unpaired) electrons. The van der Waals surface area contributed by atoms with Crippen LogP contribution in [0.4, 0.5) is 0 Å². The van der Waals surface area contributed by atoms with Crippen LogP contribution in [0.1, 0.15) is 0 Å². The summed E-state index contributed by atoms with van der Waals surface area (Å²) in [5, 5.41) is 0. The number of hydrogen-bond donors (Lipinski definition) is 0. The Bertz CT molecular complexity index is 357. The first kappa shape index (κ1) is 19.0. The van der Waals surface area contributed by atoms with Gasteiger partial charge in [-0.1, -0.05) is 19.6 Å². The Kier molecular flexibility index (Phi) is 4.74. The van der Waals surface area contributed by atoms with Crippen molar-refractivity contribution in [1.29, 1.82) is 0 Å². The van der Waals surface area contributed by atoms with Gasteiger partial charge in [0.1, 0.15) is 8.24 Å². The minimum atomic E-state index is -1.75. The number of rotatable bonds is 4. The van der Waals surface area contributed by atoms with Crippen molar-refractivity contribution in [3.63, 3.8) is 0 Å². The molecule has 120 valence electrons. The largest absolute Gasteiger partial charge is 0.445 e. The van der Waals surface area contributed by atoms with E-state index in [1.807, 2.05) is 0 Å². The molecule has 1 aliphatic heterocycles. The molecular weight excluding hydrogens is 329 g/mol. The lowest BCUT2D eigenvalue weighted by molar-refractivity contribution is 0.469. The normalized spacial score (nSPS) is 24.6. The van der Waals surface area contributed by atoms with E-state index in [-0.39, 0.29) is 0 Å². The highest BCUT2D eigenvalue weighted by Gasteiger charge is 2.68. The maximum Gasteiger partial charge on any atom is 0.243 e. The second-order valence-corrected chi connectivity index (χ2v) is 33.1. The third kappa shape index (κ3) is 3.32. The molecule has 0 aromatic rings. The van der Waals surface area contributed by atoms with E-state index in [9.17, 15) is 0 Å². The summed E-state index contributed by atoms with van der Waals surface area (Å²) in [5.74, 6) is 0. The summed E-state index contributed by atoms with van der Waals surface area (Å²) in [4.78, 5) is 0. The van der Waals surface area contributed by atoms with Crippen LogP contribution in [0.25, 0.3) is 0 Å². The molecule has 0 atom stereocenters. The van der Waals surface area contributed by atoms with Crippen LogP contribution >= 0.6 is 0 Å². The second-order valence-electron chi connectivity index (χ2n) is 9.49. The van der Waals surface area contributed by atoms with Crippen LogP contribution in [-0.2, 0) is 4.12 Å². The van der Waals surface area contributed by atoms with Gasteiger partial charge in [-0.25, -0.2) is 0 Å². The lowest BCUT2D eigenvalue weighted by Crippen LogP contribution is -2.98. The average Bonchev–Trinajstić information content (AvgIpc) is 1.86. The van der Waals surface area contributed by atoms with Gasteiger partial charge >= 0.3 is 0 Å². The Morgan fingerprint density at radius 2 is 1.00 bits per heavy atom. The molecule has 0 bridgehead atoms. The highest BCUT2D eigenvalue weighted by atomic mass is 28.6. The Labute approximate surface area is 132 Å². The molecule has 0 aliphatic carbocycles. The summed E-state index contributed by atoms with van der Waals surface area (Å²) in [6, 6.07) is 0. The molecular formula is C12H36N2OSi5. The zero-order chi connectivity index (χ0) is 16.4. The van der Waals surface area contributed by atoms with Gasteiger partial charge in [0.15, 0.2) is 25.1 Å². The lowest BCUT2D eigenvalue weighted by Gasteiger charge is -2.75. The summed E-state index contributed by atoms with van der Waals surface area (Å²) >= 11 is 0. The van der Waals surface area contributed by atoms with Crippen molar-refractivity contribution < 1.29 is 4.12 Å². The van der Waals surface area contributed by atoms with Gasteiger partial charge in [0.2, 0.25) is 8.48 Å². The average molecular weight is 365 g/mol. The fraction of sp³-hybridized carbons (Fsp3) is 1.00. The first-order valence-corrected chi connectivity index (χ1v) is 23.2. The maximum absolute atomic E-state index is 6.72. The molecule has 1 heterocycles. The Morgan fingerprint density at radius 3 is 1.25 bits per heavy atom. The van der Waals surface area contributed by atoms with Crippen LogP contribution in [0.3, 0.4) is 0 Å². The molecule has 1 aliphatic rings. The van der Waals surface area contributed by atoms with Gasteiger partial charge in [-0.05, 0) is 58.9 Å². The molecule has 8 heteroatoms. The van der Waals surface area contributed by atoms with Crippen LogP contribution in [0, 0.1) is 0 Å². The molecule has 0 aromatic carbocycles. The standard InChI is InChI=1S/C12H36N2OSi5/c1-16(2,3)13-18(7,8)14(19(13,9)10)20(11,12)15-17(4,5)6/h1-12H3. The third-order valence-electron chi connectivity index (χ3n) is 3.95. The first-order chi connectivity index (χ1) is 8.44. The van der Waals surface area contributed by atoms with Crippen LogP contribution in [0.15, 0.2) is 0 Å². The van der Waals surface area contributed by atoms with E-state index in [2.05, 4.69) is 86.4 Å². The van der Waals surface area contributed by atoms with Crippen molar-refractivity contribution in [2.45, 2.75) is 78.6 Å². The predicted octanol–water partition coefficient (Wildman–Crippen LogP) is 4.40. The van der Waals surface area contributed by atoms with Gasteiger partial charge in [-0.3, -0.25) is 0 Å². The van der Waals surface area contributed by atoms with Crippen molar-refractivity contribution in [2.24, 2.45) is 0 Å². The smallest absolute Gasteiger partial charge is 0.243 e. The Morgan fingerprint density at radius 1 is 0.650 bits per heavy atom. The quantitative estimate of drug-likeness (QED) is 0.688. The molecule has 1 rings (SSSR count). The Balaban J connectivity index is 3.16. The number of nitrogens with zero attached hydrogens (tertiary/aromatic N) is 2. The molecule has 0 N–H and O–H groups in total. The van der Waals surface area contributed by atoms with Crippen molar-refractivity contribution in [2.75, 3.05) is 0 Å². The van der Waals surface area contributed by atoms with Gasteiger partial charge in [0.05, 0.1) is 0 Å². The summed E-state index contributed by atoms with van der Waals surface area (Å²) < 4.78 is 12.7. The van der Waals surface area contributed by atoms with Crippen molar-refractivity contribution >= 4 is 41.8 Å². The lowest BCUT2D eigenvalue weighted by atomic mass is 11.8. The molecule has 20 heavy (non-hydrogen) atoms. The predicted molar refractivity (Wildman–Crippen MR) is 104 cm³/mol. The van der Waals surface area contributed by atoms with E-state index in [4.69, 9.17) is 4.12 Å². The van der Waals surface area contributed by atoms with E-state index in [0.717, 1.165) is 0 Å². The zero-order valence-corrected chi connectivity index (χ0v) is 20.8. The van der Waals surface area contributed by atoms with Crippen LogP contribution < -0.4 is 0 Å². The molecule has 0 unspecified atom stereocenters. The van der Waals surface area contributed by atoms with E-state index < -0.39 is 41.8 Å². The SMILES string of the molecule is C[Si](C)(C)O[Si](C)(C)N1[Si](C)(C)N([Si](C)(C)C)[Si]1(C)C. The van der Waals surface area contributed by atoms with Gasteiger partial charge in [0, 0.05) is 0 Å². The molecule has 0 spiro atoms. The maximum atomic E-state index is 6.72. The Hall–Kier alpha value is 0.964. The van der Waals surface area contributed by atoms with E-state index in [0.29, 0.717) is 0 Å². The molecule has 3 nitrogen and oxygen atoms in total. The summed E-state index contributed by atoms with van der Waals surface area (Å²) in [6.07, 6.45) is 0. The minimum absolute atomic E-state index is 1.23. The summed E-state index contributed by atoms with van der Waals surface area (Å²) in [7, 11) is -7.38. The molecule has 1 fully saturated rings. The minimum Gasteiger partial charge on any atom is -0.445 e. The summed E-state index contributed by atoms with van der Waals surface area (Å²) in [6.45, 7) is 29.6. The van der Waals surface area contributed by atoms with Crippen molar-refractivity contribution in [3.05, 3.63) is 0 Å². The van der Waals surface area contributed by atoms with Gasteiger partial charge in [-0.15, -0.1) is 0 Å². The van der Waals surface area contributed by atoms with E-state index in [1.54, 1.807) is 0 Å². The van der Waals surface area contributed by atoms with Crippen LogP contribution in [-0.4, -0.2) is 49.6 Å². The highest BCUT2D eigenvalue weighted by Crippen LogP contribution is 2.46. The van der Waals surface area contributed by atoms with E-state index in [1.165, 1.54) is 0 Å². The van der Waals surface area contributed by atoms with Gasteiger partial charge in [0.25, 0.3) is 0 Å². The number of hydrogen-bond acceptors (Lipinski definition) is 3. The zero-order valence-electron chi connectivity index (χ0n) is 15.8. The first-order valence-electron chi connectivity index (χ1n) is 7.75.